The lowest BCUT2D eigenvalue weighted by Gasteiger charge is -2.43. The number of nitrogens with two attached hydrogens (primary N) is 1. The van der Waals surface area contributed by atoms with E-state index in [9.17, 15) is 41.9 Å². The molecule has 0 saturated carbocycles. The number of likely N-dealkylation sites (tertiary alicyclic amines) is 3. The first kappa shape index (κ1) is 46.7. The van der Waals surface area contributed by atoms with Crippen LogP contribution in [0.5, 0.6) is 0 Å². The number of alkyl halides is 3. The van der Waals surface area contributed by atoms with Crippen molar-refractivity contribution in [2.24, 2.45) is 0 Å². The number of para-hydroxylation sites is 1. The lowest BCUT2D eigenvalue weighted by molar-refractivity contribution is -0.161. The molecule has 4 fully saturated rings. The number of halogens is 4. The predicted octanol–water partition coefficient (Wildman–Crippen LogP) is 4.62. The summed E-state index contributed by atoms with van der Waals surface area (Å²) >= 11 is 6.15. The van der Waals surface area contributed by atoms with Crippen LogP contribution in [0.1, 0.15) is 68.1 Å². The van der Waals surface area contributed by atoms with Crippen molar-refractivity contribution < 1.29 is 51.4 Å². The molecule has 348 valence electrons. The van der Waals surface area contributed by atoms with Gasteiger partial charge in [0.15, 0.2) is 6.10 Å². The Labute approximate surface area is 375 Å². The van der Waals surface area contributed by atoms with E-state index in [4.69, 9.17) is 26.8 Å². The van der Waals surface area contributed by atoms with Crippen molar-refractivity contribution in [2.75, 3.05) is 89.6 Å². The van der Waals surface area contributed by atoms with E-state index in [-0.39, 0.29) is 73.8 Å². The number of carbonyl (C=O) groups excluding carboxylic acids is 6. The molecule has 4 saturated heterocycles. The van der Waals surface area contributed by atoms with Gasteiger partial charge in [-0.1, -0.05) is 29.8 Å². The summed E-state index contributed by atoms with van der Waals surface area (Å²) in [6, 6.07) is 9.37. The summed E-state index contributed by atoms with van der Waals surface area (Å²) in [5.41, 5.74) is 5.70. The number of hydrogen-bond acceptors (Lipinski definition) is 10. The first-order valence-electron chi connectivity index (χ1n) is 22.2. The Kier molecular flexibility index (Phi) is 15.1. The topological polar surface area (TPSA) is 178 Å². The zero-order chi connectivity index (χ0) is 45.5. The number of hydrogen-bond donors (Lipinski definition) is 2. The number of nitrogens with one attached hydrogen (secondary N) is 1. The number of ether oxygens (including phenoxy) is 2. The van der Waals surface area contributed by atoms with Crippen molar-refractivity contribution in [3.05, 3.63) is 58.1 Å². The van der Waals surface area contributed by atoms with Crippen LogP contribution < -0.4 is 11.1 Å². The highest BCUT2D eigenvalue weighted by molar-refractivity contribution is 6.33. The van der Waals surface area contributed by atoms with Crippen LogP contribution >= 0.6 is 11.6 Å². The molecular weight excluding hydrogens is 861 g/mol. The zero-order valence-corrected chi connectivity index (χ0v) is 36.5. The molecule has 16 nitrogen and oxygen atoms in total. The van der Waals surface area contributed by atoms with Crippen LogP contribution in [0.2, 0.25) is 5.02 Å². The Balaban J connectivity index is 0.919. The molecular formula is C44H56ClF3N8O8. The first-order valence-corrected chi connectivity index (χ1v) is 22.6. The summed E-state index contributed by atoms with van der Waals surface area (Å²) in [4.78, 5) is 88.7. The van der Waals surface area contributed by atoms with E-state index >= 15 is 0 Å². The van der Waals surface area contributed by atoms with Crippen LogP contribution in [0, 0.1) is 0 Å². The number of esters is 1. The van der Waals surface area contributed by atoms with Crippen molar-refractivity contribution in [3.8, 4) is 0 Å². The Bertz CT molecular complexity index is 2050. The van der Waals surface area contributed by atoms with E-state index in [0.717, 1.165) is 30.2 Å². The summed E-state index contributed by atoms with van der Waals surface area (Å²) in [5, 5.41) is 2.63. The molecule has 0 aromatic heterocycles. The lowest BCUT2D eigenvalue weighted by Crippen LogP contribution is -2.56. The maximum absolute atomic E-state index is 14.2. The fraction of sp³-hybridized carbons (Fsp3) is 0.591. The molecule has 7 rings (SSSR count). The van der Waals surface area contributed by atoms with E-state index in [1.807, 2.05) is 24.3 Å². The summed E-state index contributed by atoms with van der Waals surface area (Å²) in [7, 11) is 0. The summed E-state index contributed by atoms with van der Waals surface area (Å²) in [5.74, 6) is -2.09. The molecule has 0 radical (unpaired) electrons. The van der Waals surface area contributed by atoms with Crippen molar-refractivity contribution in [1.29, 1.82) is 0 Å². The van der Waals surface area contributed by atoms with Gasteiger partial charge in [-0.25, -0.2) is 14.4 Å². The molecule has 0 spiro atoms. The number of fused-ring (bicyclic) bond motifs is 1. The summed E-state index contributed by atoms with van der Waals surface area (Å²) in [6.07, 6.45) is -1.95. The quantitative estimate of drug-likeness (QED) is 0.148. The fourth-order valence-electron chi connectivity index (χ4n) is 9.37. The van der Waals surface area contributed by atoms with E-state index in [1.54, 1.807) is 14.7 Å². The average Bonchev–Trinajstić information content (AvgIpc) is 3.46. The molecule has 5 aliphatic heterocycles. The molecule has 0 bridgehead atoms. The van der Waals surface area contributed by atoms with Gasteiger partial charge in [-0.15, -0.1) is 0 Å². The third-order valence-corrected chi connectivity index (χ3v) is 13.3. The highest BCUT2D eigenvalue weighted by Gasteiger charge is 2.39. The van der Waals surface area contributed by atoms with Crippen LogP contribution in [0.3, 0.4) is 0 Å². The van der Waals surface area contributed by atoms with Gasteiger partial charge in [-0.05, 0) is 80.7 Å². The van der Waals surface area contributed by atoms with Crippen molar-refractivity contribution in [2.45, 2.75) is 88.6 Å². The van der Waals surface area contributed by atoms with E-state index in [2.05, 4.69) is 10.2 Å². The number of nitrogens with zero attached hydrogens (tertiary/aromatic N) is 6. The summed E-state index contributed by atoms with van der Waals surface area (Å²) < 4.78 is 52.9. The molecule has 5 heterocycles. The van der Waals surface area contributed by atoms with Gasteiger partial charge in [0, 0.05) is 103 Å². The van der Waals surface area contributed by atoms with Gasteiger partial charge < -0.3 is 45.0 Å². The van der Waals surface area contributed by atoms with Crippen molar-refractivity contribution in [1.82, 2.24) is 29.4 Å². The second kappa shape index (κ2) is 20.7. The van der Waals surface area contributed by atoms with Gasteiger partial charge in [0.05, 0.1) is 22.9 Å². The van der Waals surface area contributed by atoms with Gasteiger partial charge in [-0.2, -0.15) is 13.2 Å². The molecule has 2 aromatic rings. The van der Waals surface area contributed by atoms with Gasteiger partial charge >= 0.3 is 30.2 Å². The molecule has 5 aliphatic rings. The Morgan fingerprint density at radius 2 is 1.52 bits per heavy atom. The highest BCUT2D eigenvalue weighted by atomic mass is 35.5. The molecule has 20 heteroatoms. The number of amides is 6. The van der Waals surface area contributed by atoms with Crippen LogP contribution in [0.15, 0.2) is 36.4 Å². The Morgan fingerprint density at radius 1 is 0.828 bits per heavy atom. The van der Waals surface area contributed by atoms with Crippen LogP contribution in [-0.4, -0.2) is 162 Å². The third-order valence-electron chi connectivity index (χ3n) is 13.0. The van der Waals surface area contributed by atoms with E-state index in [0.29, 0.717) is 90.8 Å². The molecule has 2 aromatic carbocycles. The number of nitrogen functional groups attached to an aromatic ring is 1. The molecule has 1 atom stereocenters. The number of rotatable bonds is 10. The number of benzene rings is 2. The van der Waals surface area contributed by atoms with Gasteiger partial charge in [0.2, 0.25) is 5.91 Å². The predicted molar refractivity (Wildman–Crippen MR) is 229 cm³/mol. The number of piperazine rings is 1. The first-order chi connectivity index (χ1) is 30.7. The minimum Gasteiger partial charge on any atom is -0.458 e. The van der Waals surface area contributed by atoms with Crippen LogP contribution in [0.4, 0.5) is 34.1 Å². The maximum atomic E-state index is 14.2. The SMILES string of the molecule is Nc1c(Cl)cc(C[C@@H](OC(=O)N2CCC(N3CCc4ccccc4NC3=O)CC2)C(=O)N2CCC(N3CCN(C(=O)C(=O)OCCCN4CCCCC4=O)CC3)CC2)cc1C(F)(F)F. The molecule has 0 unspecified atom stereocenters. The number of urea groups is 1. The van der Waals surface area contributed by atoms with E-state index < -0.39 is 47.4 Å². The standard InChI is InChI=1S/C44H56ClF3N8O8/c45-34-27-29(26-33(38(34)49)44(46,47)48)28-36(64-43(62)55-18-12-32(13-19-55)56-20-9-30-6-1-2-7-35(30)50-42(56)61)39(58)53-16-10-31(11-17-53)51-21-23-54(24-22-51)40(59)41(60)63-25-5-15-52-14-4-3-8-37(52)57/h1-2,6-7,26-27,31-32,36H,3-5,8-25,28,49H2,(H,50,61)/t36-/m1/s1. The molecule has 0 aliphatic carbocycles. The minimum absolute atomic E-state index is 0.0182. The molecule has 3 N–H and O–H groups in total. The van der Waals surface area contributed by atoms with Crippen LogP contribution in [0.25, 0.3) is 0 Å². The molecule has 6 amide bonds. The summed E-state index contributed by atoms with van der Waals surface area (Å²) in [6.45, 7) is 4.40. The van der Waals surface area contributed by atoms with E-state index in [1.165, 1.54) is 15.9 Å². The normalized spacial score (nSPS) is 20.0. The Hall–Kier alpha value is -5.30. The molecule has 64 heavy (non-hydrogen) atoms. The smallest absolute Gasteiger partial charge is 0.418 e. The Morgan fingerprint density at radius 3 is 2.22 bits per heavy atom. The zero-order valence-electron chi connectivity index (χ0n) is 35.8. The lowest BCUT2D eigenvalue weighted by atomic mass is 9.99. The fourth-order valence-corrected chi connectivity index (χ4v) is 9.61. The van der Waals surface area contributed by atoms with Gasteiger partial charge in [0.1, 0.15) is 0 Å². The monoisotopic (exact) mass is 916 g/mol. The number of piperidine rings is 3. The average molecular weight is 917 g/mol. The van der Waals surface area contributed by atoms with Gasteiger partial charge in [-0.3, -0.25) is 19.3 Å². The number of carbonyl (C=O) groups is 6. The largest absolute Gasteiger partial charge is 0.458 e. The number of anilines is 2. The minimum atomic E-state index is -4.82. The maximum Gasteiger partial charge on any atom is 0.418 e. The third kappa shape index (κ3) is 11.3. The van der Waals surface area contributed by atoms with Crippen molar-refractivity contribution in [3.63, 3.8) is 0 Å². The van der Waals surface area contributed by atoms with Crippen molar-refractivity contribution >= 4 is 58.8 Å². The van der Waals surface area contributed by atoms with Crippen LogP contribution in [-0.2, 0) is 47.7 Å². The highest BCUT2D eigenvalue weighted by Crippen LogP contribution is 2.38. The second-order valence-corrected chi connectivity index (χ2v) is 17.5. The van der Waals surface area contributed by atoms with Gasteiger partial charge in [0.25, 0.3) is 5.91 Å². The second-order valence-electron chi connectivity index (χ2n) is 17.1.